The number of rotatable bonds is 78. The number of nitrogens with one attached hydrogen (secondary N) is 1. The van der Waals surface area contributed by atoms with Crippen LogP contribution in [0, 0.1) is 0 Å². The average Bonchev–Trinajstić information content (AvgIpc) is 3.64. The third-order valence-electron chi connectivity index (χ3n) is 19.5. The molecule has 0 saturated heterocycles. The molecule has 0 aromatic heterocycles. The van der Waals surface area contributed by atoms with Crippen LogP contribution in [0.5, 0.6) is 0 Å². The number of hydrogen-bond acceptors (Lipinski definition) is 5. The Labute approximate surface area is 558 Å². The van der Waals surface area contributed by atoms with Gasteiger partial charge in [0.2, 0.25) is 5.91 Å². The van der Waals surface area contributed by atoms with E-state index in [9.17, 15) is 19.8 Å². The maximum atomic E-state index is 12.6. The third kappa shape index (κ3) is 75.3. The van der Waals surface area contributed by atoms with Crippen LogP contribution in [0.15, 0.2) is 24.3 Å². The first-order chi connectivity index (χ1) is 44.0. The summed E-state index contributed by atoms with van der Waals surface area (Å²) in [4.78, 5) is 24.7. The molecule has 0 saturated carbocycles. The van der Waals surface area contributed by atoms with Gasteiger partial charge in [-0.15, -0.1) is 0 Å². The van der Waals surface area contributed by atoms with Crippen LogP contribution in [0.25, 0.3) is 0 Å². The van der Waals surface area contributed by atoms with E-state index in [1.165, 1.54) is 398 Å². The fourth-order valence-electron chi connectivity index (χ4n) is 13.2. The van der Waals surface area contributed by atoms with E-state index in [2.05, 4.69) is 31.3 Å². The van der Waals surface area contributed by atoms with E-state index in [0.29, 0.717) is 19.4 Å². The van der Waals surface area contributed by atoms with Crippen LogP contribution in [0.2, 0.25) is 0 Å². The molecule has 0 aliphatic rings. The highest BCUT2D eigenvalue weighted by molar-refractivity contribution is 5.76. The summed E-state index contributed by atoms with van der Waals surface area (Å²) in [5.41, 5.74) is 0. The topological polar surface area (TPSA) is 95.9 Å². The predicted molar refractivity (Wildman–Crippen MR) is 393 cm³/mol. The lowest BCUT2D eigenvalue weighted by Crippen LogP contribution is -2.45. The zero-order chi connectivity index (χ0) is 64.2. The van der Waals surface area contributed by atoms with E-state index in [1.807, 2.05) is 6.08 Å². The van der Waals surface area contributed by atoms with Gasteiger partial charge in [0, 0.05) is 12.8 Å². The van der Waals surface area contributed by atoms with E-state index in [4.69, 9.17) is 4.74 Å². The standard InChI is InChI=1S/C83H161NO5/c1-3-5-7-9-11-13-15-17-19-21-22-23-24-34-37-40-44-47-51-55-59-63-67-71-75-81(86)80(79-85)84-82(87)76-72-68-64-60-56-52-48-45-41-38-35-32-30-28-26-25-27-29-31-33-36-39-42-46-50-54-58-62-66-70-74-78-89-83(88)77-73-69-65-61-57-53-49-43-20-18-16-14-12-10-8-6-4-2/h18,20,71,75,80-81,85-86H,3-17,19,21-70,72-74,76-79H2,1-2H3,(H,84,87)/b20-18-,75-71+. The monoisotopic (exact) mass is 1250 g/mol. The van der Waals surface area contributed by atoms with Crippen molar-refractivity contribution in [1.29, 1.82) is 0 Å². The Hall–Kier alpha value is -1.66. The highest BCUT2D eigenvalue weighted by atomic mass is 16.5. The molecule has 0 heterocycles. The molecule has 0 spiro atoms. The van der Waals surface area contributed by atoms with Crippen LogP contribution in [-0.4, -0.2) is 47.4 Å². The lowest BCUT2D eigenvalue weighted by Gasteiger charge is -2.20. The van der Waals surface area contributed by atoms with Crippen LogP contribution in [0.4, 0.5) is 0 Å². The largest absolute Gasteiger partial charge is 0.466 e. The van der Waals surface area contributed by atoms with Gasteiger partial charge in [0.05, 0.1) is 25.4 Å². The van der Waals surface area contributed by atoms with Crippen LogP contribution in [-0.2, 0) is 14.3 Å². The Morgan fingerprint density at radius 2 is 0.528 bits per heavy atom. The lowest BCUT2D eigenvalue weighted by molar-refractivity contribution is -0.143. The molecule has 0 radical (unpaired) electrons. The van der Waals surface area contributed by atoms with Crippen molar-refractivity contribution in [2.75, 3.05) is 13.2 Å². The molecule has 1 amide bonds. The summed E-state index contributed by atoms with van der Waals surface area (Å²) in [5.74, 6) is -0.0400. The third-order valence-corrected chi connectivity index (χ3v) is 19.5. The summed E-state index contributed by atoms with van der Waals surface area (Å²) < 4.78 is 5.51. The predicted octanol–water partition coefficient (Wildman–Crippen LogP) is 27.2. The molecule has 6 nitrogen and oxygen atoms in total. The number of amides is 1. The van der Waals surface area contributed by atoms with Gasteiger partial charge in [-0.3, -0.25) is 9.59 Å². The van der Waals surface area contributed by atoms with Gasteiger partial charge in [0.25, 0.3) is 0 Å². The molecular formula is C83H161NO5. The molecule has 528 valence electrons. The number of allylic oxidation sites excluding steroid dienone is 3. The molecule has 3 N–H and O–H groups in total. The van der Waals surface area contributed by atoms with Gasteiger partial charge in [-0.2, -0.15) is 0 Å². The van der Waals surface area contributed by atoms with E-state index in [-0.39, 0.29) is 18.5 Å². The fraction of sp³-hybridized carbons (Fsp3) is 0.928. The van der Waals surface area contributed by atoms with Gasteiger partial charge in [-0.25, -0.2) is 0 Å². The van der Waals surface area contributed by atoms with Crippen molar-refractivity contribution in [2.24, 2.45) is 0 Å². The summed E-state index contributed by atoms with van der Waals surface area (Å²) in [6, 6.07) is -0.626. The maximum Gasteiger partial charge on any atom is 0.305 e. The van der Waals surface area contributed by atoms with Crippen LogP contribution in [0.1, 0.15) is 470 Å². The van der Waals surface area contributed by atoms with Gasteiger partial charge in [-0.1, -0.05) is 423 Å². The second kappa shape index (κ2) is 78.8. The Kier molecular flexibility index (Phi) is 77.3. The number of carbonyl (C=O) groups excluding carboxylic acids is 2. The quantitative estimate of drug-likeness (QED) is 0.0320. The van der Waals surface area contributed by atoms with Crippen molar-refractivity contribution in [1.82, 2.24) is 5.32 Å². The summed E-state index contributed by atoms with van der Waals surface area (Å²) in [7, 11) is 0. The van der Waals surface area contributed by atoms with Gasteiger partial charge >= 0.3 is 5.97 Å². The van der Waals surface area contributed by atoms with Crippen molar-refractivity contribution in [3.8, 4) is 0 Å². The smallest absolute Gasteiger partial charge is 0.305 e. The molecule has 0 bridgehead atoms. The van der Waals surface area contributed by atoms with E-state index in [0.717, 1.165) is 44.9 Å². The van der Waals surface area contributed by atoms with Gasteiger partial charge in [0.1, 0.15) is 0 Å². The number of aliphatic hydroxyl groups excluding tert-OH is 2. The molecule has 0 aliphatic heterocycles. The molecule has 0 aliphatic carbocycles. The van der Waals surface area contributed by atoms with Crippen molar-refractivity contribution in [3.05, 3.63) is 24.3 Å². The van der Waals surface area contributed by atoms with E-state index >= 15 is 0 Å². The van der Waals surface area contributed by atoms with Gasteiger partial charge in [0.15, 0.2) is 0 Å². The Balaban J connectivity index is 3.35. The minimum atomic E-state index is -0.843. The first-order valence-electron chi connectivity index (χ1n) is 41.1. The number of aliphatic hydroxyl groups is 2. The second-order valence-electron chi connectivity index (χ2n) is 28.5. The van der Waals surface area contributed by atoms with E-state index in [1.54, 1.807) is 6.08 Å². The molecule has 2 atom stereocenters. The molecule has 0 aromatic carbocycles. The van der Waals surface area contributed by atoms with Crippen molar-refractivity contribution in [3.63, 3.8) is 0 Å². The number of ether oxygens (including phenoxy) is 1. The first kappa shape index (κ1) is 87.3. The molecule has 89 heavy (non-hydrogen) atoms. The number of unbranched alkanes of at least 4 members (excludes halogenated alkanes) is 65. The zero-order valence-electron chi connectivity index (χ0n) is 60.7. The summed E-state index contributed by atoms with van der Waals surface area (Å²) in [5, 5.41) is 23.3. The number of hydrogen-bond donors (Lipinski definition) is 3. The minimum absolute atomic E-state index is 0.0182. The highest BCUT2D eigenvalue weighted by Gasteiger charge is 2.18. The summed E-state index contributed by atoms with van der Waals surface area (Å²) >= 11 is 0. The Morgan fingerprint density at radius 1 is 0.303 bits per heavy atom. The Bertz CT molecular complexity index is 1400. The summed E-state index contributed by atoms with van der Waals surface area (Å²) in [6.45, 7) is 4.96. The molecule has 0 aromatic rings. The average molecular weight is 1250 g/mol. The molecule has 6 heteroatoms. The van der Waals surface area contributed by atoms with Gasteiger partial charge in [-0.05, 0) is 57.8 Å². The molecular weight excluding hydrogens is 1090 g/mol. The van der Waals surface area contributed by atoms with Gasteiger partial charge < -0.3 is 20.3 Å². The number of carbonyl (C=O) groups is 2. The van der Waals surface area contributed by atoms with Crippen molar-refractivity contribution >= 4 is 11.9 Å². The maximum absolute atomic E-state index is 12.6. The molecule has 2 unspecified atom stereocenters. The first-order valence-corrected chi connectivity index (χ1v) is 41.1. The zero-order valence-corrected chi connectivity index (χ0v) is 60.7. The fourth-order valence-corrected chi connectivity index (χ4v) is 13.2. The summed E-state index contributed by atoms with van der Waals surface area (Å²) in [6.07, 6.45) is 102. The van der Waals surface area contributed by atoms with Crippen molar-refractivity contribution < 1.29 is 24.5 Å². The van der Waals surface area contributed by atoms with Crippen LogP contribution in [0.3, 0.4) is 0 Å². The second-order valence-corrected chi connectivity index (χ2v) is 28.5. The number of esters is 1. The molecule has 0 fully saturated rings. The SMILES string of the molecule is CCCCCCCC/C=C\CCCCCCCCCC(=O)OCCCCCCCCCCCCCCCCCCCCCCCCCCCCCCCCCC(=O)NC(CO)C(O)/C=C/CCCCCCCCCCCCCCCCCCCCCCCC. The minimum Gasteiger partial charge on any atom is -0.466 e. The normalized spacial score (nSPS) is 12.5. The molecule has 0 rings (SSSR count). The lowest BCUT2D eigenvalue weighted by atomic mass is 10.0. The van der Waals surface area contributed by atoms with Crippen molar-refractivity contribution in [2.45, 2.75) is 482 Å². The Morgan fingerprint density at radius 3 is 0.798 bits per heavy atom. The van der Waals surface area contributed by atoms with E-state index < -0.39 is 12.1 Å². The highest BCUT2D eigenvalue weighted by Crippen LogP contribution is 2.20. The van der Waals surface area contributed by atoms with Crippen LogP contribution >= 0.6 is 0 Å². The van der Waals surface area contributed by atoms with Crippen LogP contribution < -0.4 is 5.32 Å².